The third-order valence-electron chi connectivity index (χ3n) is 1.92. The second-order valence-electron chi connectivity index (χ2n) is 3.63. The number of hydrogen-bond donors (Lipinski definition) is 1. The average molecular weight is 160 g/mol. The van der Waals surface area contributed by atoms with Crippen LogP contribution in [0.25, 0.3) is 0 Å². The van der Waals surface area contributed by atoms with Crippen LogP contribution in [0, 0.1) is 5.41 Å². The molecule has 2 unspecified atom stereocenters. The number of ether oxygens (including phenoxy) is 2. The fourth-order valence-corrected chi connectivity index (χ4v) is 0.960. The minimum Gasteiger partial charge on any atom is -0.367 e. The third kappa shape index (κ3) is 1.92. The molecule has 0 aromatic carbocycles. The van der Waals surface area contributed by atoms with Gasteiger partial charge < -0.3 is 14.6 Å². The molecule has 0 amide bonds. The van der Waals surface area contributed by atoms with E-state index in [-0.39, 0.29) is 11.7 Å². The molecule has 1 rings (SSSR count). The first-order chi connectivity index (χ1) is 5.06. The highest BCUT2D eigenvalue weighted by Gasteiger charge is 2.36. The third-order valence-corrected chi connectivity index (χ3v) is 1.92. The molecule has 66 valence electrons. The SMILES string of the molecule is CCC1OCC(C)(C)C(O)O1. The Hall–Kier alpha value is -0.120. The molecule has 1 aliphatic heterocycles. The summed E-state index contributed by atoms with van der Waals surface area (Å²) in [6.45, 7) is 6.37. The zero-order valence-electron chi connectivity index (χ0n) is 7.33. The molecular weight excluding hydrogens is 144 g/mol. The summed E-state index contributed by atoms with van der Waals surface area (Å²) >= 11 is 0. The van der Waals surface area contributed by atoms with Gasteiger partial charge in [-0.2, -0.15) is 0 Å². The van der Waals surface area contributed by atoms with Gasteiger partial charge in [0.15, 0.2) is 12.6 Å². The van der Waals surface area contributed by atoms with Crippen molar-refractivity contribution in [2.75, 3.05) is 6.61 Å². The predicted molar refractivity (Wildman–Crippen MR) is 40.9 cm³/mol. The average Bonchev–Trinajstić information content (AvgIpc) is 1.95. The van der Waals surface area contributed by atoms with Gasteiger partial charge in [0.25, 0.3) is 0 Å². The fourth-order valence-electron chi connectivity index (χ4n) is 0.960. The Morgan fingerprint density at radius 1 is 1.55 bits per heavy atom. The van der Waals surface area contributed by atoms with Gasteiger partial charge >= 0.3 is 0 Å². The second kappa shape index (κ2) is 3.09. The summed E-state index contributed by atoms with van der Waals surface area (Å²) in [6.07, 6.45) is -0.133. The molecule has 1 heterocycles. The van der Waals surface area contributed by atoms with Crippen molar-refractivity contribution in [2.24, 2.45) is 5.41 Å². The van der Waals surface area contributed by atoms with Crippen LogP contribution in [0.2, 0.25) is 0 Å². The molecular formula is C8H16O3. The molecule has 0 bridgehead atoms. The Morgan fingerprint density at radius 3 is 2.64 bits per heavy atom. The second-order valence-corrected chi connectivity index (χ2v) is 3.63. The Bertz CT molecular complexity index is 133. The quantitative estimate of drug-likeness (QED) is 0.624. The minimum atomic E-state index is -0.693. The standard InChI is InChI=1S/C8H16O3/c1-4-6-10-5-8(2,3)7(9)11-6/h6-7,9H,4-5H2,1-3H3. The summed E-state index contributed by atoms with van der Waals surface area (Å²) in [5, 5.41) is 9.44. The summed E-state index contributed by atoms with van der Waals surface area (Å²) in [6, 6.07) is 0. The molecule has 0 saturated carbocycles. The van der Waals surface area contributed by atoms with E-state index in [1.54, 1.807) is 0 Å². The maximum absolute atomic E-state index is 9.44. The molecule has 0 radical (unpaired) electrons. The van der Waals surface area contributed by atoms with Gasteiger partial charge in [0, 0.05) is 5.41 Å². The topological polar surface area (TPSA) is 38.7 Å². The van der Waals surface area contributed by atoms with Crippen LogP contribution in [0.15, 0.2) is 0 Å². The molecule has 0 aliphatic carbocycles. The maximum atomic E-state index is 9.44. The smallest absolute Gasteiger partial charge is 0.164 e. The number of aliphatic hydroxyl groups excluding tert-OH is 1. The van der Waals surface area contributed by atoms with Gasteiger partial charge in [0.05, 0.1) is 6.61 Å². The van der Waals surface area contributed by atoms with Crippen molar-refractivity contribution in [3.8, 4) is 0 Å². The zero-order valence-corrected chi connectivity index (χ0v) is 7.33. The van der Waals surface area contributed by atoms with E-state index in [0.29, 0.717) is 6.61 Å². The Labute approximate surface area is 67.3 Å². The van der Waals surface area contributed by atoms with Crippen molar-refractivity contribution in [2.45, 2.75) is 39.8 Å². The van der Waals surface area contributed by atoms with Crippen molar-refractivity contribution in [1.29, 1.82) is 0 Å². The summed E-state index contributed by atoms with van der Waals surface area (Å²) in [5.74, 6) is 0. The lowest BCUT2D eigenvalue weighted by Crippen LogP contribution is -2.45. The first-order valence-corrected chi connectivity index (χ1v) is 4.01. The van der Waals surface area contributed by atoms with Crippen molar-refractivity contribution in [3.05, 3.63) is 0 Å². The molecule has 1 aliphatic rings. The molecule has 0 spiro atoms. The lowest BCUT2D eigenvalue weighted by Gasteiger charge is -2.38. The Balaban J connectivity index is 2.48. The first kappa shape index (κ1) is 8.97. The summed E-state index contributed by atoms with van der Waals surface area (Å²) < 4.78 is 10.5. The van der Waals surface area contributed by atoms with Gasteiger partial charge in [0.1, 0.15) is 0 Å². The van der Waals surface area contributed by atoms with Crippen LogP contribution in [0.1, 0.15) is 27.2 Å². The lowest BCUT2D eigenvalue weighted by molar-refractivity contribution is -0.318. The largest absolute Gasteiger partial charge is 0.367 e. The van der Waals surface area contributed by atoms with E-state index in [4.69, 9.17) is 9.47 Å². The van der Waals surface area contributed by atoms with Crippen LogP contribution in [-0.4, -0.2) is 24.3 Å². The minimum absolute atomic E-state index is 0.224. The van der Waals surface area contributed by atoms with Gasteiger partial charge in [-0.3, -0.25) is 0 Å². The van der Waals surface area contributed by atoms with Crippen molar-refractivity contribution < 1.29 is 14.6 Å². The Morgan fingerprint density at radius 2 is 2.18 bits per heavy atom. The zero-order chi connectivity index (χ0) is 8.48. The fraction of sp³-hybridized carbons (Fsp3) is 1.00. The summed E-state index contributed by atoms with van der Waals surface area (Å²) in [4.78, 5) is 0. The van der Waals surface area contributed by atoms with Crippen LogP contribution in [0.5, 0.6) is 0 Å². The lowest BCUT2D eigenvalue weighted by atomic mass is 9.93. The molecule has 2 atom stereocenters. The maximum Gasteiger partial charge on any atom is 0.164 e. The van der Waals surface area contributed by atoms with Gasteiger partial charge in [-0.15, -0.1) is 0 Å². The van der Waals surface area contributed by atoms with Gasteiger partial charge in [-0.1, -0.05) is 20.8 Å². The highest BCUT2D eigenvalue weighted by Crippen LogP contribution is 2.28. The molecule has 3 heteroatoms. The molecule has 1 fully saturated rings. The van der Waals surface area contributed by atoms with Crippen LogP contribution < -0.4 is 0 Å². The van der Waals surface area contributed by atoms with Crippen molar-refractivity contribution in [1.82, 2.24) is 0 Å². The molecule has 1 saturated heterocycles. The van der Waals surface area contributed by atoms with E-state index in [9.17, 15) is 5.11 Å². The first-order valence-electron chi connectivity index (χ1n) is 4.01. The van der Waals surface area contributed by atoms with E-state index in [2.05, 4.69) is 0 Å². The van der Waals surface area contributed by atoms with Gasteiger partial charge in [0.2, 0.25) is 0 Å². The molecule has 0 aromatic heterocycles. The summed E-state index contributed by atoms with van der Waals surface area (Å²) in [7, 11) is 0. The van der Waals surface area contributed by atoms with Gasteiger partial charge in [-0.05, 0) is 6.42 Å². The van der Waals surface area contributed by atoms with E-state index in [1.165, 1.54) is 0 Å². The molecule has 11 heavy (non-hydrogen) atoms. The number of aliphatic hydroxyl groups is 1. The van der Waals surface area contributed by atoms with Crippen LogP contribution in [0.4, 0.5) is 0 Å². The van der Waals surface area contributed by atoms with Crippen LogP contribution in [-0.2, 0) is 9.47 Å². The van der Waals surface area contributed by atoms with E-state index < -0.39 is 6.29 Å². The normalized spacial score (nSPS) is 37.1. The highest BCUT2D eigenvalue weighted by molar-refractivity contribution is 4.74. The highest BCUT2D eigenvalue weighted by atomic mass is 16.7. The number of rotatable bonds is 1. The van der Waals surface area contributed by atoms with Crippen molar-refractivity contribution >= 4 is 0 Å². The Kier molecular flexibility index (Phi) is 2.52. The molecule has 3 nitrogen and oxygen atoms in total. The van der Waals surface area contributed by atoms with E-state index >= 15 is 0 Å². The van der Waals surface area contributed by atoms with Gasteiger partial charge in [-0.25, -0.2) is 0 Å². The summed E-state index contributed by atoms with van der Waals surface area (Å²) in [5.41, 5.74) is -0.272. The van der Waals surface area contributed by atoms with E-state index in [0.717, 1.165) is 6.42 Å². The van der Waals surface area contributed by atoms with Crippen molar-refractivity contribution in [3.63, 3.8) is 0 Å². The van der Waals surface area contributed by atoms with Crippen LogP contribution in [0.3, 0.4) is 0 Å². The molecule has 1 N–H and O–H groups in total. The number of hydrogen-bond acceptors (Lipinski definition) is 3. The predicted octanol–water partition coefficient (Wildman–Crippen LogP) is 1.11. The van der Waals surface area contributed by atoms with Crippen LogP contribution >= 0.6 is 0 Å². The monoisotopic (exact) mass is 160 g/mol. The molecule has 0 aromatic rings. The van der Waals surface area contributed by atoms with E-state index in [1.807, 2.05) is 20.8 Å².